The van der Waals surface area contributed by atoms with Crippen molar-refractivity contribution in [3.8, 4) is 0 Å². The molecule has 0 aliphatic rings. The monoisotopic (exact) mass is 194 g/mol. The molecule has 0 aliphatic carbocycles. The van der Waals surface area contributed by atoms with Crippen molar-refractivity contribution < 1.29 is 0 Å². The lowest BCUT2D eigenvalue weighted by Crippen LogP contribution is -2.14. The molecule has 0 aliphatic heterocycles. The zero-order chi connectivity index (χ0) is 11.0. The molecule has 1 unspecified atom stereocenters. The highest BCUT2D eigenvalue weighted by atomic mass is 14.2. The Bertz CT molecular complexity index is 198. The van der Waals surface area contributed by atoms with Gasteiger partial charge < -0.3 is 0 Å². The molecule has 0 aromatic heterocycles. The van der Waals surface area contributed by atoms with Crippen LogP contribution in [0.3, 0.4) is 0 Å². The van der Waals surface area contributed by atoms with Crippen LogP contribution in [-0.4, -0.2) is 0 Å². The summed E-state index contributed by atoms with van der Waals surface area (Å²) in [7, 11) is 0. The predicted octanol–water partition coefficient (Wildman–Crippen LogP) is 5.12. The van der Waals surface area contributed by atoms with Crippen LogP contribution in [0.1, 0.15) is 60.3 Å². The van der Waals surface area contributed by atoms with E-state index in [-0.39, 0.29) is 0 Å². The minimum atomic E-state index is 0.461. The Morgan fingerprint density at radius 1 is 1.29 bits per heavy atom. The van der Waals surface area contributed by atoms with E-state index in [1.165, 1.54) is 19.3 Å². The van der Waals surface area contributed by atoms with E-state index < -0.39 is 0 Å². The van der Waals surface area contributed by atoms with Crippen molar-refractivity contribution in [1.82, 2.24) is 0 Å². The van der Waals surface area contributed by atoms with Gasteiger partial charge in [0, 0.05) is 0 Å². The molecule has 0 bridgehead atoms. The van der Waals surface area contributed by atoms with E-state index in [4.69, 9.17) is 0 Å². The fourth-order valence-corrected chi connectivity index (χ4v) is 1.84. The minimum absolute atomic E-state index is 0.461. The van der Waals surface area contributed by atoms with E-state index in [0.717, 1.165) is 6.42 Å². The van der Waals surface area contributed by atoms with Crippen molar-refractivity contribution in [1.29, 1.82) is 0 Å². The Balaban J connectivity index is 4.30. The van der Waals surface area contributed by atoms with Crippen molar-refractivity contribution in [2.75, 3.05) is 0 Å². The van der Waals surface area contributed by atoms with Gasteiger partial charge in [0.15, 0.2) is 0 Å². The van der Waals surface area contributed by atoms with Gasteiger partial charge in [-0.1, -0.05) is 51.0 Å². The summed E-state index contributed by atoms with van der Waals surface area (Å²) in [6.45, 7) is 11.2. The van der Waals surface area contributed by atoms with Gasteiger partial charge in [0.05, 0.1) is 0 Å². The summed E-state index contributed by atoms with van der Waals surface area (Å²) in [5.41, 5.74) is 2.00. The van der Waals surface area contributed by atoms with Crippen LogP contribution < -0.4 is 0 Å². The lowest BCUT2D eigenvalue weighted by Gasteiger charge is -2.27. The lowest BCUT2D eigenvalue weighted by atomic mass is 9.78. The van der Waals surface area contributed by atoms with Crippen molar-refractivity contribution in [3.63, 3.8) is 0 Å². The Hall–Kier alpha value is -0.520. The second kappa shape index (κ2) is 6.86. The van der Waals surface area contributed by atoms with E-state index in [1.807, 2.05) is 0 Å². The average Bonchev–Trinajstić information content (AvgIpc) is 2.15. The molecular weight excluding hydrogens is 168 g/mol. The standard InChI is InChI=1S/C14H26/c1-6-9-11-14(5,8-3)12-13(4)10-7-2/h6,9-10H,7-8,11-12H2,1-5H3. The maximum atomic E-state index is 2.39. The van der Waals surface area contributed by atoms with Crippen molar-refractivity contribution >= 4 is 0 Å². The zero-order valence-corrected chi connectivity index (χ0v) is 10.6. The summed E-state index contributed by atoms with van der Waals surface area (Å²) in [5.74, 6) is 0. The molecule has 0 fully saturated rings. The molecule has 0 N–H and O–H groups in total. The third kappa shape index (κ3) is 5.26. The molecule has 0 heteroatoms. The second-order valence-corrected chi connectivity index (χ2v) is 4.57. The van der Waals surface area contributed by atoms with Gasteiger partial charge >= 0.3 is 0 Å². The Morgan fingerprint density at radius 3 is 2.36 bits per heavy atom. The SMILES string of the molecule is CC=CCC(C)(CC)CC(C)=CCC. The number of rotatable bonds is 6. The third-order valence-electron chi connectivity index (χ3n) is 2.96. The lowest BCUT2D eigenvalue weighted by molar-refractivity contribution is 0.311. The molecule has 0 rings (SSSR count). The molecule has 0 radical (unpaired) electrons. The summed E-state index contributed by atoms with van der Waals surface area (Å²) < 4.78 is 0. The molecule has 14 heavy (non-hydrogen) atoms. The van der Waals surface area contributed by atoms with Crippen LogP contribution in [0.4, 0.5) is 0 Å². The molecule has 0 heterocycles. The molecule has 0 saturated carbocycles. The predicted molar refractivity (Wildman–Crippen MR) is 66.5 cm³/mol. The average molecular weight is 194 g/mol. The topological polar surface area (TPSA) is 0 Å². The smallest absolute Gasteiger partial charge is 0.0257 e. The maximum absolute atomic E-state index is 2.39. The Morgan fingerprint density at radius 2 is 1.93 bits per heavy atom. The van der Waals surface area contributed by atoms with E-state index in [1.54, 1.807) is 5.57 Å². The van der Waals surface area contributed by atoms with Crippen LogP contribution in [0.2, 0.25) is 0 Å². The van der Waals surface area contributed by atoms with Gasteiger partial charge in [0.25, 0.3) is 0 Å². The van der Waals surface area contributed by atoms with Gasteiger partial charge in [0.2, 0.25) is 0 Å². The van der Waals surface area contributed by atoms with Crippen LogP contribution in [0, 0.1) is 5.41 Å². The maximum Gasteiger partial charge on any atom is -0.0257 e. The van der Waals surface area contributed by atoms with Crippen molar-refractivity contribution in [2.45, 2.75) is 60.3 Å². The summed E-state index contributed by atoms with van der Waals surface area (Å²) in [6, 6.07) is 0. The second-order valence-electron chi connectivity index (χ2n) is 4.57. The summed E-state index contributed by atoms with van der Waals surface area (Å²) in [6.07, 6.45) is 11.7. The van der Waals surface area contributed by atoms with Crippen LogP contribution in [0.25, 0.3) is 0 Å². The van der Waals surface area contributed by atoms with Gasteiger partial charge in [-0.05, 0) is 38.5 Å². The van der Waals surface area contributed by atoms with E-state index in [0.29, 0.717) is 5.41 Å². The first-order chi connectivity index (χ1) is 6.58. The van der Waals surface area contributed by atoms with Gasteiger partial charge in [-0.2, -0.15) is 0 Å². The molecule has 0 amide bonds. The highest BCUT2D eigenvalue weighted by Gasteiger charge is 2.20. The first-order valence-electron chi connectivity index (χ1n) is 5.84. The minimum Gasteiger partial charge on any atom is -0.0916 e. The molecule has 1 atom stereocenters. The van der Waals surface area contributed by atoms with Crippen LogP contribution in [0.5, 0.6) is 0 Å². The molecular formula is C14H26. The normalized spacial score (nSPS) is 17.4. The summed E-state index contributed by atoms with van der Waals surface area (Å²) in [4.78, 5) is 0. The first-order valence-corrected chi connectivity index (χ1v) is 5.84. The number of allylic oxidation sites excluding steroid dienone is 4. The number of hydrogen-bond acceptors (Lipinski definition) is 0. The van der Waals surface area contributed by atoms with Gasteiger partial charge in [-0.25, -0.2) is 0 Å². The van der Waals surface area contributed by atoms with Crippen LogP contribution in [-0.2, 0) is 0 Å². The molecule has 0 aromatic rings. The third-order valence-corrected chi connectivity index (χ3v) is 2.96. The molecule has 0 nitrogen and oxygen atoms in total. The van der Waals surface area contributed by atoms with Gasteiger partial charge in [-0.15, -0.1) is 0 Å². The summed E-state index contributed by atoms with van der Waals surface area (Å²) >= 11 is 0. The van der Waals surface area contributed by atoms with Crippen molar-refractivity contribution in [3.05, 3.63) is 23.8 Å². The van der Waals surface area contributed by atoms with Gasteiger partial charge in [0.1, 0.15) is 0 Å². The van der Waals surface area contributed by atoms with Gasteiger partial charge in [-0.3, -0.25) is 0 Å². The van der Waals surface area contributed by atoms with E-state index in [2.05, 4.69) is 52.8 Å². The molecule has 0 aromatic carbocycles. The van der Waals surface area contributed by atoms with E-state index in [9.17, 15) is 0 Å². The fraction of sp³-hybridized carbons (Fsp3) is 0.714. The zero-order valence-electron chi connectivity index (χ0n) is 10.6. The molecule has 0 saturated heterocycles. The van der Waals surface area contributed by atoms with Crippen molar-refractivity contribution in [2.24, 2.45) is 5.41 Å². The molecule has 82 valence electrons. The van der Waals surface area contributed by atoms with E-state index >= 15 is 0 Å². The fourth-order valence-electron chi connectivity index (χ4n) is 1.84. The van der Waals surface area contributed by atoms with Crippen LogP contribution >= 0.6 is 0 Å². The summed E-state index contributed by atoms with van der Waals surface area (Å²) in [5, 5.41) is 0. The first kappa shape index (κ1) is 13.5. The molecule has 0 spiro atoms. The quantitative estimate of drug-likeness (QED) is 0.515. The Labute approximate surface area is 90.1 Å². The van der Waals surface area contributed by atoms with Crippen LogP contribution in [0.15, 0.2) is 23.8 Å². The largest absolute Gasteiger partial charge is 0.0916 e. The Kier molecular flexibility index (Phi) is 6.61. The number of hydrogen-bond donors (Lipinski definition) is 0. The highest BCUT2D eigenvalue weighted by Crippen LogP contribution is 2.33. The highest BCUT2D eigenvalue weighted by molar-refractivity contribution is 5.03.